The van der Waals surface area contributed by atoms with Gasteiger partial charge < -0.3 is 0 Å². The van der Waals surface area contributed by atoms with Crippen LogP contribution in [0.4, 0.5) is 0 Å². The number of pyridine rings is 1. The molecule has 0 fully saturated rings. The van der Waals surface area contributed by atoms with Crippen LogP contribution in [0, 0.1) is 0 Å². The molecule has 2 heterocycles. The van der Waals surface area contributed by atoms with Gasteiger partial charge in [-0.15, -0.1) is 0 Å². The van der Waals surface area contributed by atoms with Gasteiger partial charge >= 0.3 is 5.69 Å². The van der Waals surface area contributed by atoms with E-state index in [2.05, 4.69) is 69.3 Å². The summed E-state index contributed by atoms with van der Waals surface area (Å²) in [5.41, 5.74) is 7.33. The van der Waals surface area contributed by atoms with E-state index in [1.807, 2.05) is 55.5 Å². The van der Waals surface area contributed by atoms with Crippen molar-refractivity contribution in [2.45, 2.75) is 78.3 Å². The zero-order valence-electron chi connectivity index (χ0n) is 26.3. The van der Waals surface area contributed by atoms with Gasteiger partial charge in [0.1, 0.15) is 11.6 Å². The van der Waals surface area contributed by atoms with Gasteiger partial charge in [0.05, 0.1) is 12.2 Å². The van der Waals surface area contributed by atoms with E-state index in [0.29, 0.717) is 25.9 Å². The first kappa shape index (κ1) is 30.9. The molecule has 226 valence electrons. The van der Waals surface area contributed by atoms with Gasteiger partial charge in [-0.05, 0) is 59.6 Å². The van der Waals surface area contributed by atoms with Crippen LogP contribution in [0.1, 0.15) is 67.9 Å². The molecule has 0 unspecified atom stereocenters. The lowest BCUT2D eigenvalue weighted by Crippen LogP contribution is -2.25. The number of benzene rings is 3. The molecule has 0 bridgehead atoms. The van der Waals surface area contributed by atoms with E-state index in [-0.39, 0.29) is 16.9 Å². The molecule has 5 rings (SSSR count). The second-order valence-electron chi connectivity index (χ2n) is 12.5. The Balaban J connectivity index is 1.17. The third kappa shape index (κ3) is 7.87. The number of Topliss-reactive ketones (excluding diaryl/α,β-unsaturated/α-hetero) is 1. The van der Waals surface area contributed by atoms with E-state index in [4.69, 9.17) is 10.1 Å². The quantitative estimate of drug-likeness (QED) is 0.158. The first-order valence-corrected chi connectivity index (χ1v) is 15.6. The lowest BCUT2D eigenvalue weighted by Gasteiger charge is -2.19. The van der Waals surface area contributed by atoms with Gasteiger partial charge in [0.15, 0.2) is 0 Å². The summed E-state index contributed by atoms with van der Waals surface area (Å²) in [6.45, 7) is 9.68. The number of carbonyl (C=O) groups excluding carboxylic acids is 1. The molecule has 3 aromatic carbocycles. The van der Waals surface area contributed by atoms with E-state index in [9.17, 15) is 9.59 Å². The van der Waals surface area contributed by atoms with Crippen LogP contribution in [0.2, 0.25) is 0 Å². The fraction of sp³-hybridized carbons (Fsp3) is 0.316. The summed E-state index contributed by atoms with van der Waals surface area (Å²) >= 11 is 0. The minimum atomic E-state index is -0.0525. The minimum absolute atomic E-state index is 0.0525. The molecule has 0 amide bonds. The van der Waals surface area contributed by atoms with Crippen molar-refractivity contribution in [3.63, 3.8) is 0 Å². The predicted molar refractivity (Wildman–Crippen MR) is 177 cm³/mol. The largest absolute Gasteiger partial charge is 0.346 e. The van der Waals surface area contributed by atoms with Gasteiger partial charge in [-0.1, -0.05) is 106 Å². The summed E-state index contributed by atoms with van der Waals surface area (Å²) in [5.74, 6) is 0.993. The molecular weight excluding hydrogens is 544 g/mol. The van der Waals surface area contributed by atoms with Crippen LogP contribution < -0.4 is 5.69 Å². The molecule has 0 spiro atoms. The van der Waals surface area contributed by atoms with Gasteiger partial charge in [0.25, 0.3) is 0 Å². The van der Waals surface area contributed by atoms with Gasteiger partial charge in [0.2, 0.25) is 0 Å². The predicted octanol–water partition coefficient (Wildman–Crippen LogP) is 7.00. The van der Waals surface area contributed by atoms with E-state index in [1.165, 1.54) is 11.1 Å². The van der Waals surface area contributed by atoms with E-state index >= 15 is 0 Å². The van der Waals surface area contributed by atoms with Crippen molar-refractivity contribution in [1.29, 1.82) is 0 Å². The number of rotatable bonds is 12. The molecule has 44 heavy (non-hydrogen) atoms. The third-order valence-corrected chi connectivity index (χ3v) is 8.01. The Morgan fingerprint density at radius 2 is 1.45 bits per heavy atom. The Morgan fingerprint density at radius 1 is 0.750 bits per heavy atom. The Labute approximate surface area is 260 Å². The molecule has 0 saturated carbocycles. The Kier molecular flexibility index (Phi) is 9.69. The normalized spacial score (nSPS) is 11.5. The van der Waals surface area contributed by atoms with Crippen molar-refractivity contribution in [3.8, 4) is 11.3 Å². The van der Waals surface area contributed by atoms with Crippen LogP contribution in [0.3, 0.4) is 0 Å². The van der Waals surface area contributed by atoms with Crippen molar-refractivity contribution in [2.24, 2.45) is 0 Å². The van der Waals surface area contributed by atoms with Crippen LogP contribution in [0.25, 0.3) is 11.3 Å². The summed E-state index contributed by atoms with van der Waals surface area (Å²) in [7, 11) is 0. The van der Waals surface area contributed by atoms with Crippen molar-refractivity contribution in [1.82, 2.24) is 19.3 Å². The SMILES string of the molecule is CCn1c(CCCc2ccc(-c3cccc(CC(=O)Cc4ccccc4)n3)cc2)nn(Cc2ccc(C(C)(C)C)cc2)c1=O. The summed E-state index contributed by atoms with van der Waals surface area (Å²) in [6, 6.07) is 32.6. The highest BCUT2D eigenvalue weighted by Gasteiger charge is 2.15. The maximum atomic E-state index is 13.1. The standard InChI is InChI=1S/C38H42N4O2/c1-5-41-36(40-42(37(41)44)27-30-19-23-32(24-20-30)38(2,3)4)16-9-13-28-17-21-31(22-18-28)35-15-10-14-33(39-35)26-34(43)25-29-11-7-6-8-12-29/h6-8,10-12,14-15,17-24H,5,9,13,16,25-27H2,1-4H3. The number of ketones is 1. The topological polar surface area (TPSA) is 69.8 Å². The molecule has 0 aliphatic carbocycles. The molecule has 0 saturated heterocycles. The van der Waals surface area contributed by atoms with Crippen molar-refractivity contribution >= 4 is 5.78 Å². The zero-order chi connectivity index (χ0) is 31.1. The van der Waals surface area contributed by atoms with Crippen LogP contribution in [0.15, 0.2) is 102 Å². The Hall–Kier alpha value is -4.58. The molecule has 0 radical (unpaired) electrons. The van der Waals surface area contributed by atoms with Crippen molar-refractivity contribution in [2.75, 3.05) is 0 Å². The highest BCUT2D eigenvalue weighted by atomic mass is 16.2. The Bertz CT molecular complexity index is 1740. The lowest BCUT2D eigenvalue weighted by atomic mass is 9.87. The first-order valence-electron chi connectivity index (χ1n) is 15.6. The lowest BCUT2D eigenvalue weighted by molar-refractivity contribution is -0.117. The van der Waals surface area contributed by atoms with Crippen LogP contribution in [-0.2, 0) is 49.0 Å². The highest BCUT2D eigenvalue weighted by Crippen LogP contribution is 2.23. The first-order chi connectivity index (χ1) is 21.2. The van der Waals surface area contributed by atoms with Gasteiger partial charge in [-0.2, -0.15) is 5.10 Å². The molecule has 0 atom stereocenters. The summed E-state index contributed by atoms with van der Waals surface area (Å²) in [5, 5.41) is 4.72. The monoisotopic (exact) mass is 586 g/mol. The summed E-state index contributed by atoms with van der Waals surface area (Å²) in [4.78, 5) is 30.4. The molecule has 6 heteroatoms. The van der Waals surface area contributed by atoms with Gasteiger partial charge in [-0.25, -0.2) is 9.48 Å². The van der Waals surface area contributed by atoms with E-state index in [1.54, 1.807) is 9.25 Å². The maximum absolute atomic E-state index is 13.1. The smallest absolute Gasteiger partial charge is 0.299 e. The molecule has 6 nitrogen and oxygen atoms in total. The van der Waals surface area contributed by atoms with Crippen molar-refractivity contribution < 1.29 is 4.79 Å². The summed E-state index contributed by atoms with van der Waals surface area (Å²) < 4.78 is 3.38. The van der Waals surface area contributed by atoms with Crippen LogP contribution >= 0.6 is 0 Å². The number of hydrogen-bond acceptors (Lipinski definition) is 4. The molecule has 0 aliphatic rings. The summed E-state index contributed by atoms with van der Waals surface area (Å²) in [6.07, 6.45) is 3.26. The van der Waals surface area contributed by atoms with Crippen LogP contribution in [0.5, 0.6) is 0 Å². The Morgan fingerprint density at radius 3 is 2.14 bits per heavy atom. The molecule has 0 N–H and O–H groups in total. The number of aryl methyl sites for hydroxylation is 2. The average molecular weight is 587 g/mol. The minimum Gasteiger partial charge on any atom is -0.299 e. The second-order valence-corrected chi connectivity index (χ2v) is 12.5. The van der Waals surface area contributed by atoms with E-state index in [0.717, 1.165) is 53.2 Å². The fourth-order valence-electron chi connectivity index (χ4n) is 5.49. The number of hydrogen-bond donors (Lipinski definition) is 0. The maximum Gasteiger partial charge on any atom is 0.346 e. The molecule has 0 aliphatic heterocycles. The van der Waals surface area contributed by atoms with Gasteiger partial charge in [0, 0.05) is 37.1 Å². The molecule has 5 aromatic rings. The number of aromatic nitrogens is 4. The van der Waals surface area contributed by atoms with Crippen LogP contribution in [-0.4, -0.2) is 25.1 Å². The fourth-order valence-corrected chi connectivity index (χ4v) is 5.49. The molecular formula is C38H42N4O2. The second kappa shape index (κ2) is 13.8. The number of nitrogens with zero attached hydrogens (tertiary/aromatic N) is 4. The highest BCUT2D eigenvalue weighted by molar-refractivity contribution is 5.82. The average Bonchev–Trinajstić information content (AvgIpc) is 3.31. The van der Waals surface area contributed by atoms with Gasteiger partial charge in [-0.3, -0.25) is 14.3 Å². The third-order valence-electron chi connectivity index (χ3n) is 8.01. The number of carbonyl (C=O) groups is 1. The zero-order valence-corrected chi connectivity index (χ0v) is 26.3. The molecule has 2 aromatic heterocycles. The van der Waals surface area contributed by atoms with E-state index < -0.39 is 0 Å². The van der Waals surface area contributed by atoms with Crippen molar-refractivity contribution in [3.05, 3.63) is 141 Å².